The largest absolute Gasteiger partial charge is 0.390 e. The van der Waals surface area contributed by atoms with Crippen LogP contribution in [0.3, 0.4) is 0 Å². The van der Waals surface area contributed by atoms with Gasteiger partial charge in [-0.05, 0) is 37.9 Å². The van der Waals surface area contributed by atoms with Crippen molar-refractivity contribution in [3.63, 3.8) is 0 Å². The third-order valence-electron chi connectivity index (χ3n) is 4.18. The minimum absolute atomic E-state index is 0.101. The van der Waals surface area contributed by atoms with E-state index in [0.29, 0.717) is 16.8 Å². The number of hydrogen-bond acceptors (Lipinski definition) is 4. The van der Waals surface area contributed by atoms with Gasteiger partial charge in [0.1, 0.15) is 5.82 Å². The molecule has 0 aromatic carbocycles. The molecular weight excluding hydrogens is 262 g/mol. The van der Waals surface area contributed by atoms with Crippen LogP contribution < -0.4 is 4.90 Å². The van der Waals surface area contributed by atoms with Gasteiger partial charge in [-0.2, -0.15) is 0 Å². The molecule has 1 atom stereocenters. The molecule has 2 aliphatic heterocycles. The highest BCUT2D eigenvalue weighted by atomic mass is 35.5. The van der Waals surface area contributed by atoms with E-state index in [1.54, 1.807) is 0 Å². The minimum atomic E-state index is -0.101. The van der Waals surface area contributed by atoms with Crippen molar-refractivity contribution >= 4 is 17.4 Å². The van der Waals surface area contributed by atoms with E-state index < -0.39 is 0 Å². The Labute approximate surface area is 119 Å². The lowest BCUT2D eigenvalue weighted by Gasteiger charge is -2.26. The van der Waals surface area contributed by atoms with Gasteiger partial charge < -0.3 is 10.0 Å². The fourth-order valence-corrected chi connectivity index (χ4v) is 3.34. The number of nitrogens with zero attached hydrogens (tertiary/aromatic N) is 3. The third-order valence-corrected chi connectivity index (χ3v) is 4.53. The Kier molecular flexibility index (Phi) is 3.91. The Bertz CT molecular complexity index is 454. The zero-order valence-electron chi connectivity index (χ0n) is 11.1. The monoisotopic (exact) mass is 281 g/mol. The van der Waals surface area contributed by atoms with Crippen molar-refractivity contribution in [3.8, 4) is 0 Å². The first-order valence-electron chi connectivity index (χ1n) is 7.03. The van der Waals surface area contributed by atoms with Crippen molar-refractivity contribution in [2.24, 2.45) is 0 Å². The van der Waals surface area contributed by atoms with E-state index in [9.17, 15) is 5.11 Å². The summed E-state index contributed by atoms with van der Waals surface area (Å²) >= 11 is 6.01. The van der Waals surface area contributed by atoms with Crippen molar-refractivity contribution in [1.29, 1.82) is 0 Å². The molecule has 1 unspecified atom stereocenters. The highest BCUT2D eigenvalue weighted by Crippen LogP contribution is 2.25. The van der Waals surface area contributed by atoms with E-state index in [1.165, 1.54) is 32.4 Å². The Balaban J connectivity index is 1.80. The number of aromatic nitrogens is 1. The number of halogens is 1. The van der Waals surface area contributed by atoms with Crippen LogP contribution in [0.5, 0.6) is 0 Å². The molecule has 5 heteroatoms. The van der Waals surface area contributed by atoms with Crippen LogP contribution in [0.2, 0.25) is 5.02 Å². The first-order valence-corrected chi connectivity index (χ1v) is 7.41. The average Bonchev–Trinajstić information content (AvgIpc) is 2.77. The van der Waals surface area contributed by atoms with Crippen LogP contribution in [0, 0.1) is 0 Å². The molecule has 3 rings (SSSR count). The van der Waals surface area contributed by atoms with E-state index in [-0.39, 0.29) is 6.61 Å². The number of aliphatic hydroxyl groups excluding tert-OH is 1. The fourth-order valence-electron chi connectivity index (χ4n) is 3.17. The third kappa shape index (κ3) is 2.71. The summed E-state index contributed by atoms with van der Waals surface area (Å²) in [5, 5.41) is 9.82. The molecule has 1 aromatic rings. The molecule has 0 radical (unpaired) electrons. The van der Waals surface area contributed by atoms with Crippen LogP contribution >= 0.6 is 11.6 Å². The second-order valence-electron chi connectivity index (χ2n) is 5.39. The van der Waals surface area contributed by atoms with Gasteiger partial charge in [0.25, 0.3) is 0 Å². The Morgan fingerprint density at radius 1 is 1.26 bits per heavy atom. The van der Waals surface area contributed by atoms with Crippen LogP contribution in [0.4, 0.5) is 5.82 Å². The lowest BCUT2D eigenvalue weighted by atomic mass is 10.2. The van der Waals surface area contributed by atoms with Crippen molar-refractivity contribution in [2.45, 2.75) is 31.9 Å². The summed E-state index contributed by atoms with van der Waals surface area (Å²) in [6, 6.07) is 4.47. The molecule has 0 spiro atoms. The fraction of sp³-hybridized carbons (Fsp3) is 0.643. The summed E-state index contributed by atoms with van der Waals surface area (Å²) in [6.45, 7) is 4.41. The predicted octanol–water partition coefficient (Wildman–Crippen LogP) is 1.90. The summed E-state index contributed by atoms with van der Waals surface area (Å²) < 4.78 is 0. The standard InChI is InChI=1S/C14H20ClN3O/c15-12-4-5-14(16-13(12)10-19)18-8-2-7-17-6-1-3-11(17)9-18/h4-5,11,19H,1-3,6-10H2. The van der Waals surface area contributed by atoms with Gasteiger partial charge in [0.15, 0.2) is 0 Å². The highest BCUT2D eigenvalue weighted by molar-refractivity contribution is 6.31. The molecule has 1 aromatic heterocycles. The summed E-state index contributed by atoms with van der Waals surface area (Å²) in [4.78, 5) is 9.43. The van der Waals surface area contributed by atoms with E-state index >= 15 is 0 Å². The number of hydrogen-bond donors (Lipinski definition) is 1. The lowest BCUT2D eigenvalue weighted by molar-refractivity contribution is 0.272. The summed E-state index contributed by atoms with van der Waals surface area (Å²) in [5.41, 5.74) is 0.576. The van der Waals surface area contributed by atoms with Crippen molar-refractivity contribution in [3.05, 3.63) is 22.8 Å². The molecule has 3 heterocycles. The zero-order valence-corrected chi connectivity index (χ0v) is 11.8. The summed E-state index contributed by atoms with van der Waals surface area (Å²) in [7, 11) is 0. The van der Waals surface area contributed by atoms with Gasteiger partial charge in [0, 0.05) is 25.7 Å². The maximum absolute atomic E-state index is 9.27. The minimum Gasteiger partial charge on any atom is -0.390 e. The molecule has 0 saturated carbocycles. The van der Waals surface area contributed by atoms with E-state index in [0.717, 1.165) is 18.9 Å². The molecule has 104 valence electrons. The van der Waals surface area contributed by atoms with Gasteiger partial charge >= 0.3 is 0 Å². The molecule has 1 N–H and O–H groups in total. The molecule has 4 nitrogen and oxygen atoms in total. The van der Waals surface area contributed by atoms with Crippen LogP contribution in [-0.4, -0.2) is 47.2 Å². The van der Waals surface area contributed by atoms with Crippen molar-refractivity contribution < 1.29 is 5.11 Å². The van der Waals surface area contributed by atoms with Gasteiger partial charge in [-0.3, -0.25) is 4.90 Å². The molecule has 0 aliphatic carbocycles. The van der Waals surface area contributed by atoms with Gasteiger partial charge in [-0.15, -0.1) is 0 Å². The second-order valence-corrected chi connectivity index (χ2v) is 5.79. The normalized spacial score (nSPS) is 24.3. The average molecular weight is 282 g/mol. The van der Waals surface area contributed by atoms with E-state index in [1.807, 2.05) is 12.1 Å². The Morgan fingerprint density at radius 2 is 2.11 bits per heavy atom. The first-order chi connectivity index (χ1) is 9.28. The number of pyridine rings is 1. The smallest absolute Gasteiger partial charge is 0.129 e. The number of fused-ring (bicyclic) bond motifs is 1. The van der Waals surface area contributed by atoms with E-state index in [4.69, 9.17) is 11.6 Å². The molecule has 2 aliphatic rings. The van der Waals surface area contributed by atoms with Crippen LogP contribution in [-0.2, 0) is 6.61 Å². The zero-order chi connectivity index (χ0) is 13.2. The Morgan fingerprint density at radius 3 is 2.95 bits per heavy atom. The number of rotatable bonds is 2. The number of aliphatic hydroxyl groups is 1. The predicted molar refractivity (Wildman–Crippen MR) is 76.6 cm³/mol. The van der Waals surface area contributed by atoms with Gasteiger partial charge in [0.2, 0.25) is 0 Å². The van der Waals surface area contributed by atoms with Crippen molar-refractivity contribution in [2.75, 3.05) is 31.1 Å². The quantitative estimate of drug-likeness (QED) is 0.899. The summed E-state index contributed by atoms with van der Waals surface area (Å²) in [6.07, 6.45) is 3.78. The molecule has 0 amide bonds. The van der Waals surface area contributed by atoms with Crippen molar-refractivity contribution in [1.82, 2.24) is 9.88 Å². The molecular formula is C14H20ClN3O. The second kappa shape index (κ2) is 5.65. The number of anilines is 1. The maximum Gasteiger partial charge on any atom is 0.129 e. The molecule has 19 heavy (non-hydrogen) atoms. The van der Waals surface area contributed by atoms with Crippen LogP contribution in [0.1, 0.15) is 25.0 Å². The molecule has 0 bridgehead atoms. The summed E-state index contributed by atoms with van der Waals surface area (Å²) in [5.74, 6) is 0.946. The van der Waals surface area contributed by atoms with Gasteiger partial charge in [-0.1, -0.05) is 11.6 Å². The van der Waals surface area contributed by atoms with E-state index in [2.05, 4.69) is 14.8 Å². The van der Waals surface area contributed by atoms with Gasteiger partial charge in [-0.25, -0.2) is 4.98 Å². The molecule has 2 fully saturated rings. The lowest BCUT2D eigenvalue weighted by Crippen LogP contribution is -2.37. The Hall–Kier alpha value is -0.840. The topological polar surface area (TPSA) is 39.6 Å². The van der Waals surface area contributed by atoms with Gasteiger partial charge in [0.05, 0.1) is 17.3 Å². The first kappa shape index (κ1) is 13.2. The van der Waals surface area contributed by atoms with Crippen LogP contribution in [0.25, 0.3) is 0 Å². The molecule has 2 saturated heterocycles. The maximum atomic E-state index is 9.27. The van der Waals surface area contributed by atoms with Crippen LogP contribution in [0.15, 0.2) is 12.1 Å². The SMILES string of the molecule is OCc1nc(N2CCCN3CCCC3C2)ccc1Cl. The highest BCUT2D eigenvalue weighted by Gasteiger charge is 2.29.